The zero-order valence-electron chi connectivity index (χ0n) is 4.66. The number of carboxylic acid groups (broad SMARTS) is 1. The smallest absolute Gasteiger partial charge is 0.321 e. The molecule has 3 N–H and O–H groups in total. The van der Waals surface area contributed by atoms with Gasteiger partial charge in [0.1, 0.15) is 6.54 Å². The van der Waals surface area contributed by atoms with Crippen molar-refractivity contribution >= 4 is 5.97 Å². The lowest BCUT2D eigenvalue weighted by Gasteiger charge is -2.12. The Morgan fingerprint density at radius 1 is 1.56 bits per heavy atom. The van der Waals surface area contributed by atoms with E-state index in [4.69, 9.17) is 5.11 Å². The average molecular weight is 129 g/mol. The molecule has 0 saturated carbocycles. The van der Waals surface area contributed by atoms with Crippen molar-refractivity contribution in [3.05, 3.63) is 12.4 Å². The highest BCUT2D eigenvalue weighted by molar-refractivity contribution is 5.68. The molecule has 0 aromatic carbocycles. The average Bonchev–Trinajstić information content (AvgIpc) is 2.15. The Balaban J connectivity index is 2.22. The molecule has 0 saturated heterocycles. The van der Waals surface area contributed by atoms with Crippen LogP contribution in [-0.2, 0) is 4.79 Å². The van der Waals surface area contributed by atoms with Crippen molar-refractivity contribution in [3.63, 3.8) is 0 Å². The van der Waals surface area contributed by atoms with Crippen molar-refractivity contribution in [2.75, 3.05) is 6.54 Å². The van der Waals surface area contributed by atoms with Gasteiger partial charge in [-0.25, -0.2) is 0 Å². The molecule has 0 spiro atoms. The molecule has 1 heterocycles. The maximum Gasteiger partial charge on any atom is 0.321 e. The molecule has 0 radical (unpaired) electrons. The molecule has 0 atom stereocenters. The summed E-state index contributed by atoms with van der Waals surface area (Å²) in [5.74, 6) is -0.876. The summed E-state index contributed by atoms with van der Waals surface area (Å²) in [4.78, 5) is 10.0. The molecule has 0 unspecified atom stereocenters. The van der Waals surface area contributed by atoms with Gasteiger partial charge in [0.2, 0.25) is 0 Å². The second-order valence-electron chi connectivity index (χ2n) is 1.57. The maximum atomic E-state index is 10.0. The van der Waals surface area contributed by atoms with Gasteiger partial charge < -0.3 is 16.0 Å². The van der Waals surface area contributed by atoms with Gasteiger partial charge >= 0.3 is 5.97 Å². The summed E-state index contributed by atoms with van der Waals surface area (Å²) >= 11 is 0. The van der Waals surface area contributed by atoms with Gasteiger partial charge in [-0.3, -0.25) is 4.79 Å². The van der Waals surface area contributed by atoms with E-state index in [2.05, 4.69) is 10.9 Å². The lowest BCUT2D eigenvalue weighted by Crippen LogP contribution is -2.41. The van der Waals surface area contributed by atoms with Crippen LogP contribution < -0.4 is 10.9 Å². The topological polar surface area (TPSA) is 64.6 Å². The standard InChI is InChI=1S/C4H7N3O2/c8-4(9)3-7-5-1-2-6-7/h1-2,5-6H,3H2,(H,8,9). The van der Waals surface area contributed by atoms with Crippen LogP contribution in [0.4, 0.5) is 0 Å². The number of hydrazine groups is 2. The Labute approximate surface area is 51.9 Å². The summed E-state index contributed by atoms with van der Waals surface area (Å²) in [6.07, 6.45) is 3.23. The fourth-order valence-corrected chi connectivity index (χ4v) is 0.518. The number of carboxylic acids is 1. The van der Waals surface area contributed by atoms with E-state index in [1.807, 2.05) is 0 Å². The van der Waals surface area contributed by atoms with Crippen molar-refractivity contribution in [2.24, 2.45) is 0 Å². The zero-order chi connectivity index (χ0) is 6.69. The number of rotatable bonds is 2. The first-order chi connectivity index (χ1) is 4.29. The van der Waals surface area contributed by atoms with Gasteiger partial charge in [0.05, 0.1) is 0 Å². The molecule has 0 aliphatic carbocycles. The second-order valence-corrected chi connectivity index (χ2v) is 1.57. The minimum absolute atomic E-state index is 0.0625. The number of nitrogens with one attached hydrogen (secondary N) is 2. The molecule has 50 valence electrons. The Kier molecular flexibility index (Phi) is 1.55. The fourth-order valence-electron chi connectivity index (χ4n) is 0.518. The van der Waals surface area contributed by atoms with Gasteiger partial charge in [-0.15, -0.1) is 5.12 Å². The normalized spacial score (nSPS) is 16.9. The van der Waals surface area contributed by atoms with Gasteiger partial charge in [0.15, 0.2) is 0 Å². The minimum Gasteiger partial charge on any atom is -0.480 e. The quantitative estimate of drug-likeness (QED) is 0.440. The zero-order valence-corrected chi connectivity index (χ0v) is 4.66. The van der Waals surface area contributed by atoms with E-state index in [0.29, 0.717) is 0 Å². The molecule has 9 heavy (non-hydrogen) atoms. The van der Waals surface area contributed by atoms with E-state index in [1.165, 1.54) is 5.12 Å². The van der Waals surface area contributed by atoms with Crippen LogP contribution in [-0.4, -0.2) is 22.7 Å². The third kappa shape index (κ3) is 1.61. The monoisotopic (exact) mass is 129 g/mol. The number of aliphatic carboxylic acids is 1. The summed E-state index contributed by atoms with van der Waals surface area (Å²) in [5.41, 5.74) is 5.30. The van der Waals surface area contributed by atoms with Crippen LogP contribution in [0.2, 0.25) is 0 Å². The Bertz CT molecular complexity index is 137. The van der Waals surface area contributed by atoms with Gasteiger partial charge in [0, 0.05) is 12.4 Å². The van der Waals surface area contributed by atoms with Crippen molar-refractivity contribution in [2.45, 2.75) is 0 Å². The predicted molar refractivity (Wildman–Crippen MR) is 29.8 cm³/mol. The second kappa shape index (κ2) is 2.36. The summed E-state index contributed by atoms with van der Waals surface area (Å²) in [5, 5.41) is 9.57. The summed E-state index contributed by atoms with van der Waals surface area (Å²) in [7, 11) is 0. The third-order valence-corrected chi connectivity index (χ3v) is 0.837. The largest absolute Gasteiger partial charge is 0.480 e. The van der Waals surface area contributed by atoms with E-state index >= 15 is 0 Å². The molecule has 0 fully saturated rings. The van der Waals surface area contributed by atoms with Gasteiger partial charge in [-0.2, -0.15) is 0 Å². The maximum absolute atomic E-state index is 10.0. The van der Waals surface area contributed by atoms with Crippen molar-refractivity contribution in [1.29, 1.82) is 0 Å². The molecular weight excluding hydrogens is 122 g/mol. The molecule has 1 rings (SSSR count). The molecule has 1 aliphatic rings. The van der Waals surface area contributed by atoms with Crippen LogP contribution in [0, 0.1) is 0 Å². The molecule has 0 aromatic rings. The van der Waals surface area contributed by atoms with Crippen molar-refractivity contribution < 1.29 is 9.90 Å². The summed E-state index contributed by atoms with van der Waals surface area (Å²) in [6.45, 7) is -0.0625. The Hall–Kier alpha value is -1.23. The van der Waals surface area contributed by atoms with E-state index in [1.54, 1.807) is 12.4 Å². The summed E-state index contributed by atoms with van der Waals surface area (Å²) in [6, 6.07) is 0. The molecule has 0 bridgehead atoms. The van der Waals surface area contributed by atoms with Gasteiger partial charge in [-0.05, 0) is 0 Å². The highest BCUT2D eigenvalue weighted by Crippen LogP contribution is 1.82. The van der Waals surface area contributed by atoms with E-state index in [9.17, 15) is 4.79 Å². The third-order valence-electron chi connectivity index (χ3n) is 0.837. The van der Waals surface area contributed by atoms with Crippen LogP contribution in [0.25, 0.3) is 0 Å². The van der Waals surface area contributed by atoms with E-state index in [0.717, 1.165) is 0 Å². The minimum atomic E-state index is -0.876. The number of hydrogen-bond donors (Lipinski definition) is 3. The highest BCUT2D eigenvalue weighted by Gasteiger charge is 2.07. The van der Waals surface area contributed by atoms with Crippen LogP contribution >= 0.6 is 0 Å². The fraction of sp³-hybridized carbons (Fsp3) is 0.250. The highest BCUT2D eigenvalue weighted by atomic mass is 16.4. The van der Waals surface area contributed by atoms with Gasteiger partial charge in [0.25, 0.3) is 0 Å². The molecule has 5 heteroatoms. The van der Waals surface area contributed by atoms with Crippen LogP contribution in [0.3, 0.4) is 0 Å². The Morgan fingerprint density at radius 3 is 2.56 bits per heavy atom. The molecule has 5 nitrogen and oxygen atoms in total. The number of carbonyl (C=O) groups is 1. The SMILES string of the molecule is O=C(O)CN1NC=CN1. The lowest BCUT2D eigenvalue weighted by molar-refractivity contribution is -0.139. The van der Waals surface area contributed by atoms with Crippen LogP contribution in [0.15, 0.2) is 12.4 Å². The molecule has 0 amide bonds. The van der Waals surface area contributed by atoms with Crippen LogP contribution in [0.1, 0.15) is 0 Å². The molecule has 1 aliphatic heterocycles. The lowest BCUT2D eigenvalue weighted by atomic mass is 10.7. The molecule has 0 aromatic heterocycles. The van der Waals surface area contributed by atoms with Crippen molar-refractivity contribution in [3.8, 4) is 0 Å². The number of nitrogens with zero attached hydrogens (tertiary/aromatic N) is 1. The summed E-state index contributed by atoms with van der Waals surface area (Å²) < 4.78 is 0. The van der Waals surface area contributed by atoms with E-state index < -0.39 is 5.97 Å². The first-order valence-corrected chi connectivity index (χ1v) is 2.46. The Morgan fingerprint density at radius 2 is 2.11 bits per heavy atom. The van der Waals surface area contributed by atoms with E-state index in [-0.39, 0.29) is 6.54 Å². The predicted octanol–water partition coefficient (Wildman–Crippen LogP) is -1.13. The first kappa shape index (κ1) is 5.90. The molecular formula is C4H7N3O2. The number of hydrogen-bond acceptors (Lipinski definition) is 4. The first-order valence-electron chi connectivity index (χ1n) is 2.46. The van der Waals surface area contributed by atoms with Crippen molar-refractivity contribution in [1.82, 2.24) is 16.0 Å². The van der Waals surface area contributed by atoms with Gasteiger partial charge in [-0.1, -0.05) is 0 Å². The van der Waals surface area contributed by atoms with Crippen LogP contribution in [0.5, 0.6) is 0 Å².